The monoisotopic (exact) mass is 417 g/mol. The van der Waals surface area contributed by atoms with Crippen LogP contribution in [0.4, 0.5) is 0 Å². The van der Waals surface area contributed by atoms with Crippen LogP contribution >= 0.6 is 0 Å². The summed E-state index contributed by atoms with van der Waals surface area (Å²) in [6.07, 6.45) is 5.02. The topological polar surface area (TPSA) is 70.9 Å². The summed E-state index contributed by atoms with van der Waals surface area (Å²) in [7, 11) is 1.85. The van der Waals surface area contributed by atoms with E-state index in [1.54, 1.807) is 4.68 Å². The summed E-state index contributed by atoms with van der Waals surface area (Å²) in [6.45, 7) is 8.60. The highest BCUT2D eigenvalue weighted by Gasteiger charge is 2.37. The number of hydrogen-bond acceptors (Lipinski definition) is 5. The van der Waals surface area contributed by atoms with Gasteiger partial charge in [0.05, 0.1) is 19.3 Å². The van der Waals surface area contributed by atoms with E-state index in [-0.39, 0.29) is 17.9 Å². The van der Waals surface area contributed by atoms with Crippen LogP contribution in [-0.4, -0.2) is 94.8 Å². The Hall–Kier alpha value is -1.93. The Kier molecular flexibility index (Phi) is 6.73. The van der Waals surface area contributed by atoms with Gasteiger partial charge in [0, 0.05) is 57.9 Å². The molecule has 8 nitrogen and oxygen atoms in total. The lowest BCUT2D eigenvalue weighted by Gasteiger charge is -2.36. The summed E-state index contributed by atoms with van der Waals surface area (Å²) < 4.78 is 7.16. The molecular formula is C22H35N5O3. The van der Waals surface area contributed by atoms with Crippen LogP contribution in [0.5, 0.6) is 0 Å². The Balaban J connectivity index is 1.36. The van der Waals surface area contributed by atoms with Crippen molar-refractivity contribution < 1.29 is 14.3 Å². The van der Waals surface area contributed by atoms with E-state index in [0.717, 1.165) is 77.2 Å². The first-order valence-electron chi connectivity index (χ1n) is 11.4. The molecule has 1 aromatic rings. The van der Waals surface area contributed by atoms with Crippen molar-refractivity contribution in [1.82, 2.24) is 24.5 Å². The maximum Gasteiger partial charge on any atom is 0.274 e. The third-order valence-corrected chi connectivity index (χ3v) is 6.94. The van der Waals surface area contributed by atoms with Crippen LogP contribution < -0.4 is 0 Å². The Labute approximate surface area is 179 Å². The molecule has 3 heterocycles. The molecule has 1 aromatic heterocycles. The number of ether oxygens (including phenoxy) is 1. The van der Waals surface area contributed by atoms with E-state index in [1.165, 1.54) is 0 Å². The van der Waals surface area contributed by atoms with Gasteiger partial charge in [-0.1, -0.05) is 6.42 Å². The van der Waals surface area contributed by atoms with E-state index in [9.17, 15) is 9.59 Å². The number of likely N-dealkylation sites (tertiary alicyclic amines) is 1. The molecule has 30 heavy (non-hydrogen) atoms. The molecule has 2 aliphatic heterocycles. The van der Waals surface area contributed by atoms with Crippen molar-refractivity contribution in [2.45, 2.75) is 45.1 Å². The standard InChI is InChI=1S/C22H35N5O3/c1-17-15-20(23-24(17)2)22(29)26-10-7-19(16-26)27(21(28)18-5-3-6-18)9-4-8-25-11-13-30-14-12-25/h15,18-19H,3-14,16H2,1-2H3. The van der Waals surface area contributed by atoms with Crippen molar-refractivity contribution in [2.75, 3.05) is 52.5 Å². The summed E-state index contributed by atoms with van der Waals surface area (Å²) in [4.78, 5) is 32.5. The van der Waals surface area contributed by atoms with E-state index < -0.39 is 0 Å². The fraction of sp³-hybridized carbons (Fsp3) is 0.773. The van der Waals surface area contributed by atoms with Gasteiger partial charge in [0.25, 0.3) is 5.91 Å². The second-order valence-corrected chi connectivity index (χ2v) is 8.96. The van der Waals surface area contributed by atoms with Gasteiger partial charge >= 0.3 is 0 Å². The lowest BCUT2D eigenvalue weighted by Crippen LogP contribution is -2.48. The second-order valence-electron chi connectivity index (χ2n) is 8.96. The summed E-state index contributed by atoms with van der Waals surface area (Å²) in [5.41, 5.74) is 1.47. The molecule has 2 saturated heterocycles. The van der Waals surface area contributed by atoms with Crippen LogP contribution in [-0.2, 0) is 16.6 Å². The first-order chi connectivity index (χ1) is 14.5. The molecule has 2 amide bonds. The molecule has 0 radical (unpaired) electrons. The van der Waals surface area contributed by atoms with Crippen molar-refractivity contribution in [1.29, 1.82) is 0 Å². The van der Waals surface area contributed by atoms with E-state index in [2.05, 4.69) is 14.9 Å². The molecule has 8 heteroatoms. The van der Waals surface area contributed by atoms with Crippen LogP contribution in [0.1, 0.15) is 48.3 Å². The molecule has 1 atom stereocenters. The largest absolute Gasteiger partial charge is 0.379 e. The molecule has 3 aliphatic rings. The molecule has 0 N–H and O–H groups in total. The summed E-state index contributed by atoms with van der Waals surface area (Å²) in [5.74, 6) is 0.471. The number of nitrogens with zero attached hydrogens (tertiary/aromatic N) is 5. The molecule has 0 aromatic carbocycles. The SMILES string of the molecule is Cc1cc(C(=O)N2CCC(N(CCCN3CCOCC3)C(=O)C3CCC3)C2)nn1C. The number of carbonyl (C=O) groups excluding carboxylic acids is 2. The molecule has 1 saturated carbocycles. The zero-order valence-electron chi connectivity index (χ0n) is 18.4. The van der Waals surface area contributed by atoms with E-state index in [4.69, 9.17) is 4.74 Å². The molecule has 1 unspecified atom stereocenters. The molecule has 1 aliphatic carbocycles. The van der Waals surface area contributed by atoms with Gasteiger partial charge in [0.15, 0.2) is 5.69 Å². The Morgan fingerprint density at radius 2 is 1.97 bits per heavy atom. The predicted molar refractivity (Wildman–Crippen MR) is 113 cm³/mol. The van der Waals surface area contributed by atoms with Crippen molar-refractivity contribution >= 4 is 11.8 Å². The minimum absolute atomic E-state index is 0.0226. The fourth-order valence-corrected chi connectivity index (χ4v) is 4.66. The fourth-order valence-electron chi connectivity index (χ4n) is 4.66. The normalized spacial score (nSPS) is 22.9. The van der Waals surface area contributed by atoms with E-state index in [0.29, 0.717) is 24.7 Å². The molecule has 0 bridgehead atoms. The Bertz CT molecular complexity index is 734. The summed E-state index contributed by atoms with van der Waals surface area (Å²) in [6, 6.07) is 1.96. The second kappa shape index (κ2) is 9.47. The predicted octanol–water partition coefficient (Wildman–Crippen LogP) is 1.29. The lowest BCUT2D eigenvalue weighted by molar-refractivity contribution is -0.140. The van der Waals surface area contributed by atoms with Crippen molar-refractivity contribution in [3.05, 3.63) is 17.5 Å². The van der Waals surface area contributed by atoms with Gasteiger partial charge in [-0.15, -0.1) is 0 Å². The minimum atomic E-state index is -0.0226. The third kappa shape index (κ3) is 4.70. The average Bonchev–Trinajstić information content (AvgIpc) is 3.31. The highest BCUT2D eigenvalue weighted by atomic mass is 16.5. The van der Waals surface area contributed by atoms with Crippen molar-refractivity contribution in [3.63, 3.8) is 0 Å². The summed E-state index contributed by atoms with van der Waals surface area (Å²) in [5, 5.41) is 4.34. The first-order valence-corrected chi connectivity index (χ1v) is 11.4. The number of carbonyl (C=O) groups is 2. The minimum Gasteiger partial charge on any atom is -0.379 e. The number of rotatable bonds is 7. The summed E-state index contributed by atoms with van der Waals surface area (Å²) >= 11 is 0. The van der Waals surface area contributed by atoms with Gasteiger partial charge in [-0.2, -0.15) is 5.10 Å². The Morgan fingerprint density at radius 1 is 1.20 bits per heavy atom. The zero-order valence-corrected chi connectivity index (χ0v) is 18.4. The van der Waals surface area contributed by atoms with Crippen LogP contribution in [0.2, 0.25) is 0 Å². The van der Waals surface area contributed by atoms with Crippen molar-refractivity contribution in [3.8, 4) is 0 Å². The maximum atomic E-state index is 13.2. The molecule has 166 valence electrons. The lowest BCUT2D eigenvalue weighted by atomic mass is 9.84. The van der Waals surface area contributed by atoms with Gasteiger partial charge in [-0.25, -0.2) is 0 Å². The smallest absolute Gasteiger partial charge is 0.274 e. The van der Waals surface area contributed by atoms with Crippen LogP contribution in [0.25, 0.3) is 0 Å². The number of aryl methyl sites for hydroxylation is 2. The van der Waals surface area contributed by atoms with Crippen molar-refractivity contribution in [2.24, 2.45) is 13.0 Å². The van der Waals surface area contributed by atoms with Gasteiger partial charge in [0.2, 0.25) is 5.91 Å². The number of morpholine rings is 1. The number of aromatic nitrogens is 2. The molecular weight excluding hydrogens is 382 g/mol. The van der Waals surface area contributed by atoms with Gasteiger partial charge < -0.3 is 14.5 Å². The van der Waals surface area contributed by atoms with Gasteiger partial charge in [-0.05, 0) is 38.7 Å². The highest BCUT2D eigenvalue weighted by Crippen LogP contribution is 2.30. The quantitative estimate of drug-likeness (QED) is 0.669. The Morgan fingerprint density at radius 3 is 2.60 bits per heavy atom. The van der Waals surface area contributed by atoms with Gasteiger partial charge in [-0.3, -0.25) is 19.2 Å². The zero-order chi connectivity index (χ0) is 21.1. The first kappa shape index (κ1) is 21.3. The van der Waals surface area contributed by atoms with Crippen LogP contribution in [0.15, 0.2) is 6.07 Å². The molecule has 3 fully saturated rings. The highest BCUT2D eigenvalue weighted by molar-refractivity contribution is 5.92. The average molecular weight is 418 g/mol. The van der Waals surface area contributed by atoms with E-state index >= 15 is 0 Å². The third-order valence-electron chi connectivity index (χ3n) is 6.94. The maximum absolute atomic E-state index is 13.2. The van der Waals surface area contributed by atoms with Crippen LogP contribution in [0.3, 0.4) is 0 Å². The molecule has 4 rings (SSSR count). The number of amides is 2. The van der Waals surface area contributed by atoms with Crippen LogP contribution in [0, 0.1) is 12.8 Å². The number of hydrogen-bond donors (Lipinski definition) is 0. The van der Waals surface area contributed by atoms with Gasteiger partial charge in [0.1, 0.15) is 0 Å². The van der Waals surface area contributed by atoms with E-state index in [1.807, 2.05) is 24.9 Å². The molecule has 0 spiro atoms.